The van der Waals surface area contributed by atoms with Crippen LogP contribution in [0.25, 0.3) is 0 Å². The average Bonchev–Trinajstić information content (AvgIpc) is 3.23. The van der Waals surface area contributed by atoms with E-state index in [1.165, 1.54) is 17.0 Å². The van der Waals surface area contributed by atoms with Crippen LogP contribution in [0, 0.1) is 5.82 Å². The maximum Gasteiger partial charge on any atom is 0.414 e. The molecule has 4 rings (SSSR count). The number of hydrogen-bond acceptors (Lipinski definition) is 9. The minimum absolute atomic E-state index is 0.0350. The molecule has 0 aromatic heterocycles. The van der Waals surface area contributed by atoms with E-state index in [1.807, 2.05) is 4.90 Å². The van der Waals surface area contributed by atoms with Crippen molar-refractivity contribution in [3.8, 4) is 5.75 Å². The van der Waals surface area contributed by atoms with Crippen LogP contribution in [0.3, 0.4) is 0 Å². The molecule has 2 fully saturated rings. The highest BCUT2D eigenvalue weighted by Gasteiger charge is 2.33. The highest BCUT2D eigenvalue weighted by molar-refractivity contribution is 6.01. The molecule has 0 radical (unpaired) electrons. The molecule has 0 unspecified atom stereocenters. The molecule has 1 atom stereocenters. The van der Waals surface area contributed by atoms with E-state index in [9.17, 15) is 23.9 Å². The van der Waals surface area contributed by atoms with Gasteiger partial charge in [-0.15, -0.1) is 4.99 Å². The molecule has 2 aromatic rings. The number of cyclic esters (lactones) is 1. The number of morpholine rings is 1. The van der Waals surface area contributed by atoms with Gasteiger partial charge in [0.25, 0.3) is 11.8 Å². The van der Waals surface area contributed by atoms with E-state index >= 15 is 0 Å². The number of hydroxylamine groups is 1. The number of halogens is 1. The van der Waals surface area contributed by atoms with Gasteiger partial charge in [0.2, 0.25) is 0 Å². The van der Waals surface area contributed by atoms with Crippen LogP contribution in [0.5, 0.6) is 5.75 Å². The van der Waals surface area contributed by atoms with Gasteiger partial charge in [-0.2, -0.15) is 5.48 Å². The number of phenolic OH excluding ortho intramolecular Hbond substituents is 1. The summed E-state index contributed by atoms with van der Waals surface area (Å²) in [6, 6.07) is 8.03. The molecule has 13 heteroatoms. The normalized spacial score (nSPS) is 17.8. The zero-order chi connectivity index (χ0) is 24.9. The van der Waals surface area contributed by atoms with Crippen LogP contribution in [0.1, 0.15) is 20.7 Å². The van der Waals surface area contributed by atoms with Gasteiger partial charge in [0, 0.05) is 18.7 Å². The van der Waals surface area contributed by atoms with Gasteiger partial charge in [0.05, 0.1) is 43.2 Å². The van der Waals surface area contributed by atoms with Gasteiger partial charge in [-0.05, 0) is 36.4 Å². The lowest BCUT2D eigenvalue weighted by molar-refractivity contribution is -0.277. The van der Waals surface area contributed by atoms with Crippen molar-refractivity contribution in [3.05, 3.63) is 53.3 Å². The SMILES string of the molecule is O=C(NC[C@H]1CN(c2ccc(N3CCOCC3)c(F)c2)C(=O)O1)c1ccc(O)c(C(=O)NOO)c1. The molecule has 4 N–H and O–H groups in total. The minimum atomic E-state index is -0.966. The first kappa shape index (κ1) is 24.2. The molecule has 0 saturated carbocycles. The Morgan fingerprint density at radius 1 is 1.14 bits per heavy atom. The van der Waals surface area contributed by atoms with E-state index in [2.05, 4.69) is 10.3 Å². The third kappa shape index (κ3) is 5.42. The molecular formula is C22H23FN4O8. The van der Waals surface area contributed by atoms with Crippen LogP contribution >= 0.6 is 0 Å². The fourth-order valence-corrected chi connectivity index (χ4v) is 3.83. The Labute approximate surface area is 198 Å². The molecule has 0 aliphatic carbocycles. The Bertz CT molecular complexity index is 1120. The van der Waals surface area contributed by atoms with Crippen LogP contribution < -0.4 is 20.6 Å². The number of carbonyl (C=O) groups is 3. The minimum Gasteiger partial charge on any atom is -0.507 e. The number of nitrogens with one attached hydrogen (secondary N) is 2. The second-order valence-corrected chi connectivity index (χ2v) is 7.82. The maximum atomic E-state index is 14.7. The van der Waals surface area contributed by atoms with E-state index in [0.29, 0.717) is 37.7 Å². The molecular weight excluding hydrogens is 467 g/mol. The number of benzene rings is 2. The molecule has 2 aliphatic rings. The van der Waals surface area contributed by atoms with Crippen molar-refractivity contribution in [2.24, 2.45) is 0 Å². The van der Waals surface area contributed by atoms with Crippen molar-refractivity contribution in [3.63, 3.8) is 0 Å². The van der Waals surface area contributed by atoms with Crippen LogP contribution in [-0.2, 0) is 14.5 Å². The molecule has 186 valence electrons. The molecule has 35 heavy (non-hydrogen) atoms. The van der Waals surface area contributed by atoms with Crippen molar-refractivity contribution in [1.29, 1.82) is 0 Å². The summed E-state index contributed by atoms with van der Waals surface area (Å²) in [6.45, 7) is 2.23. The molecule has 0 spiro atoms. The molecule has 2 heterocycles. The second kappa shape index (κ2) is 10.5. The number of hydrogen-bond donors (Lipinski definition) is 4. The van der Waals surface area contributed by atoms with Gasteiger partial charge in [-0.25, -0.2) is 14.4 Å². The standard InChI is InChI=1S/C22H23FN4O8/c23-17-10-14(2-3-18(17)26-5-7-33-8-6-26)27-12-15(34-22(27)31)11-24-20(29)13-1-4-19(28)16(9-13)21(30)25-35-32/h1-4,9-10,15,28,32H,5-8,11-12H2,(H,24,29)(H,25,30)/t15-/m0/s1. The lowest BCUT2D eigenvalue weighted by Gasteiger charge is -2.29. The summed E-state index contributed by atoms with van der Waals surface area (Å²) in [5.74, 6) is -2.46. The van der Waals surface area contributed by atoms with Crippen molar-refractivity contribution < 1.29 is 43.6 Å². The fraction of sp³-hybridized carbons (Fsp3) is 0.318. The number of anilines is 2. The summed E-state index contributed by atoms with van der Waals surface area (Å²) in [5.41, 5.74) is 2.12. The Hall–Kier alpha value is -3.94. The highest BCUT2D eigenvalue weighted by atomic mass is 19.1. The number of carbonyl (C=O) groups excluding carboxylic acids is 3. The lowest BCUT2D eigenvalue weighted by atomic mass is 10.1. The van der Waals surface area contributed by atoms with Crippen molar-refractivity contribution in [2.45, 2.75) is 6.10 Å². The van der Waals surface area contributed by atoms with E-state index in [4.69, 9.17) is 14.7 Å². The molecule has 2 aromatic carbocycles. The van der Waals surface area contributed by atoms with Crippen LogP contribution in [-0.4, -0.2) is 73.8 Å². The highest BCUT2D eigenvalue weighted by Crippen LogP contribution is 2.28. The van der Waals surface area contributed by atoms with Crippen molar-refractivity contribution in [2.75, 3.05) is 49.2 Å². The second-order valence-electron chi connectivity index (χ2n) is 7.82. The number of ether oxygens (including phenoxy) is 2. The van der Waals surface area contributed by atoms with E-state index in [0.717, 1.165) is 12.1 Å². The third-order valence-corrected chi connectivity index (χ3v) is 5.60. The monoisotopic (exact) mass is 490 g/mol. The smallest absolute Gasteiger partial charge is 0.414 e. The first-order valence-corrected chi connectivity index (χ1v) is 10.7. The predicted molar refractivity (Wildman–Crippen MR) is 119 cm³/mol. The number of rotatable bonds is 7. The summed E-state index contributed by atoms with van der Waals surface area (Å²) < 4.78 is 25.3. The number of amides is 3. The number of nitrogens with zero attached hydrogens (tertiary/aromatic N) is 2. The Kier molecular flexibility index (Phi) is 7.29. The van der Waals surface area contributed by atoms with Gasteiger partial charge in [-0.3, -0.25) is 14.5 Å². The quantitative estimate of drug-likeness (QED) is 0.332. The van der Waals surface area contributed by atoms with Crippen molar-refractivity contribution in [1.82, 2.24) is 10.8 Å². The van der Waals surface area contributed by atoms with Gasteiger partial charge in [-0.1, -0.05) is 0 Å². The fourth-order valence-electron chi connectivity index (χ4n) is 3.83. The Morgan fingerprint density at radius 2 is 1.91 bits per heavy atom. The average molecular weight is 490 g/mol. The van der Waals surface area contributed by atoms with Crippen LogP contribution in [0.15, 0.2) is 36.4 Å². The van der Waals surface area contributed by atoms with Crippen LogP contribution in [0.2, 0.25) is 0 Å². The topological polar surface area (TPSA) is 150 Å². The molecule has 2 aliphatic heterocycles. The van der Waals surface area contributed by atoms with E-state index in [1.54, 1.807) is 17.6 Å². The number of aromatic hydroxyl groups is 1. The maximum absolute atomic E-state index is 14.7. The first-order valence-electron chi connectivity index (χ1n) is 10.7. The summed E-state index contributed by atoms with van der Waals surface area (Å²) in [7, 11) is 0. The largest absolute Gasteiger partial charge is 0.507 e. The summed E-state index contributed by atoms with van der Waals surface area (Å²) in [5, 5.41) is 20.7. The summed E-state index contributed by atoms with van der Waals surface area (Å²) >= 11 is 0. The third-order valence-electron chi connectivity index (χ3n) is 5.60. The lowest BCUT2D eigenvalue weighted by Crippen LogP contribution is -2.37. The van der Waals surface area contributed by atoms with Gasteiger partial charge in [0.15, 0.2) is 0 Å². The molecule has 12 nitrogen and oxygen atoms in total. The van der Waals surface area contributed by atoms with Gasteiger partial charge >= 0.3 is 6.09 Å². The predicted octanol–water partition coefficient (Wildman–Crippen LogP) is 1.26. The number of phenols is 1. The summed E-state index contributed by atoms with van der Waals surface area (Å²) in [4.78, 5) is 43.3. The first-order chi connectivity index (χ1) is 16.9. The zero-order valence-electron chi connectivity index (χ0n) is 18.4. The van der Waals surface area contributed by atoms with E-state index < -0.39 is 35.6 Å². The van der Waals surface area contributed by atoms with Crippen LogP contribution in [0.4, 0.5) is 20.6 Å². The van der Waals surface area contributed by atoms with E-state index in [-0.39, 0.29) is 24.2 Å². The Balaban J connectivity index is 1.36. The molecule has 0 bridgehead atoms. The Morgan fingerprint density at radius 3 is 2.63 bits per heavy atom. The van der Waals surface area contributed by atoms with Gasteiger partial charge < -0.3 is 24.8 Å². The zero-order valence-corrected chi connectivity index (χ0v) is 18.4. The molecule has 3 amide bonds. The van der Waals surface area contributed by atoms with Gasteiger partial charge in [0.1, 0.15) is 17.7 Å². The summed E-state index contributed by atoms with van der Waals surface area (Å²) in [6.07, 6.45) is -1.37. The van der Waals surface area contributed by atoms with Crippen molar-refractivity contribution >= 4 is 29.3 Å². The molecule has 2 saturated heterocycles.